The van der Waals surface area contributed by atoms with Crippen LogP contribution >= 0.6 is 11.6 Å². The molecular formula is C24H17ClN2. The van der Waals surface area contributed by atoms with Gasteiger partial charge in [-0.15, -0.1) is 0 Å². The van der Waals surface area contributed by atoms with Crippen LogP contribution in [0.3, 0.4) is 0 Å². The first kappa shape index (κ1) is 16.0. The number of hydrogen-bond donors (Lipinski definition) is 1. The Balaban J connectivity index is 1.97. The predicted octanol–water partition coefficient (Wildman–Crippen LogP) is 7.04. The average Bonchev–Trinajstić information content (AvgIpc) is 2.83. The summed E-state index contributed by atoms with van der Waals surface area (Å²) in [5, 5.41) is 0.697. The summed E-state index contributed by atoms with van der Waals surface area (Å²) in [6.07, 6.45) is 0. The maximum Gasteiger partial charge on any atom is 0.0727 e. The summed E-state index contributed by atoms with van der Waals surface area (Å²) in [6.45, 7) is 0. The minimum atomic E-state index is 0.697. The standard InChI is InChI=1S/C24H17ClN2/c25-20-12-7-11-19-17-9-2-1-8-16(17)18-10-3-5-14-22(18)27(24(19)20)23-15-6-4-13-21(23)26/h1-15H,26H2. The molecule has 0 radical (unpaired) electrons. The van der Waals surface area contributed by atoms with Crippen molar-refractivity contribution in [3.8, 4) is 22.3 Å². The van der Waals surface area contributed by atoms with Gasteiger partial charge in [0.1, 0.15) is 0 Å². The van der Waals surface area contributed by atoms with Gasteiger partial charge in [0.15, 0.2) is 0 Å². The molecule has 27 heavy (non-hydrogen) atoms. The van der Waals surface area contributed by atoms with E-state index in [9.17, 15) is 0 Å². The second kappa shape index (κ2) is 6.19. The van der Waals surface area contributed by atoms with Gasteiger partial charge in [0.2, 0.25) is 0 Å². The molecule has 4 aromatic rings. The molecule has 0 aromatic heterocycles. The van der Waals surface area contributed by atoms with E-state index in [4.69, 9.17) is 17.3 Å². The molecule has 1 aliphatic heterocycles. The highest BCUT2D eigenvalue weighted by Gasteiger charge is 2.28. The monoisotopic (exact) mass is 368 g/mol. The molecule has 0 fully saturated rings. The largest absolute Gasteiger partial charge is 0.397 e. The van der Waals surface area contributed by atoms with Crippen molar-refractivity contribution in [1.82, 2.24) is 0 Å². The summed E-state index contributed by atoms with van der Waals surface area (Å²) in [6, 6.07) is 30.8. The third-order valence-corrected chi connectivity index (χ3v) is 5.35. The molecule has 130 valence electrons. The minimum absolute atomic E-state index is 0.697. The third-order valence-electron chi connectivity index (χ3n) is 5.04. The smallest absolute Gasteiger partial charge is 0.0727 e. The lowest BCUT2D eigenvalue weighted by Crippen LogP contribution is -2.13. The fourth-order valence-corrected chi connectivity index (χ4v) is 4.13. The fourth-order valence-electron chi connectivity index (χ4n) is 3.87. The highest BCUT2D eigenvalue weighted by molar-refractivity contribution is 6.35. The molecule has 0 amide bonds. The molecule has 0 atom stereocenters. The van der Waals surface area contributed by atoms with Crippen molar-refractivity contribution in [3.63, 3.8) is 0 Å². The minimum Gasteiger partial charge on any atom is -0.397 e. The van der Waals surface area contributed by atoms with E-state index >= 15 is 0 Å². The number of rotatable bonds is 1. The van der Waals surface area contributed by atoms with Gasteiger partial charge >= 0.3 is 0 Å². The molecule has 0 aliphatic carbocycles. The maximum atomic E-state index is 6.76. The zero-order valence-electron chi connectivity index (χ0n) is 14.6. The van der Waals surface area contributed by atoms with Gasteiger partial charge in [-0.1, -0.05) is 78.3 Å². The van der Waals surface area contributed by atoms with Crippen LogP contribution in [0.5, 0.6) is 0 Å². The Bertz CT molecular complexity index is 1170. The molecule has 0 saturated carbocycles. The van der Waals surface area contributed by atoms with E-state index < -0.39 is 0 Å². The van der Waals surface area contributed by atoms with Crippen molar-refractivity contribution in [2.45, 2.75) is 0 Å². The number of hydrogen-bond acceptors (Lipinski definition) is 2. The zero-order chi connectivity index (χ0) is 18.4. The van der Waals surface area contributed by atoms with Crippen LogP contribution in [0, 0.1) is 0 Å². The van der Waals surface area contributed by atoms with Gasteiger partial charge < -0.3 is 10.6 Å². The van der Waals surface area contributed by atoms with Crippen molar-refractivity contribution in [2.75, 3.05) is 10.6 Å². The van der Waals surface area contributed by atoms with Crippen LogP contribution in [0.2, 0.25) is 5.02 Å². The first-order valence-electron chi connectivity index (χ1n) is 8.87. The van der Waals surface area contributed by atoms with Crippen molar-refractivity contribution < 1.29 is 0 Å². The molecular weight excluding hydrogens is 352 g/mol. The summed E-state index contributed by atoms with van der Waals surface area (Å²) < 4.78 is 0. The first-order chi connectivity index (χ1) is 13.3. The predicted molar refractivity (Wildman–Crippen MR) is 115 cm³/mol. The number of halogens is 1. The zero-order valence-corrected chi connectivity index (χ0v) is 15.3. The van der Waals surface area contributed by atoms with Crippen molar-refractivity contribution >= 4 is 34.4 Å². The van der Waals surface area contributed by atoms with Crippen molar-refractivity contribution in [1.29, 1.82) is 0 Å². The second-order valence-corrected chi connectivity index (χ2v) is 7.00. The van der Waals surface area contributed by atoms with Crippen LogP contribution in [0.15, 0.2) is 91.0 Å². The van der Waals surface area contributed by atoms with Gasteiger partial charge in [0.05, 0.1) is 27.8 Å². The molecule has 2 nitrogen and oxygen atoms in total. The van der Waals surface area contributed by atoms with Crippen LogP contribution in [0.1, 0.15) is 0 Å². The van der Waals surface area contributed by atoms with E-state index in [1.54, 1.807) is 0 Å². The lowest BCUT2D eigenvalue weighted by molar-refractivity contribution is 1.30. The Labute approximate surface area is 163 Å². The highest BCUT2D eigenvalue weighted by Crippen LogP contribution is 2.53. The summed E-state index contributed by atoms with van der Waals surface area (Å²) in [5.74, 6) is 0. The van der Waals surface area contributed by atoms with E-state index in [1.807, 2.05) is 36.4 Å². The number of anilines is 4. The molecule has 2 N–H and O–H groups in total. The Morgan fingerprint density at radius 1 is 0.556 bits per heavy atom. The molecule has 0 bridgehead atoms. The van der Waals surface area contributed by atoms with Gasteiger partial charge in [-0.2, -0.15) is 0 Å². The average molecular weight is 369 g/mol. The molecule has 0 unspecified atom stereocenters. The van der Waals surface area contributed by atoms with Crippen LogP contribution in [0.25, 0.3) is 22.3 Å². The van der Waals surface area contributed by atoms with Gasteiger partial charge in [0, 0.05) is 11.1 Å². The van der Waals surface area contributed by atoms with Crippen LogP contribution in [-0.4, -0.2) is 0 Å². The molecule has 5 rings (SSSR count). The summed E-state index contributed by atoms with van der Waals surface area (Å²) in [7, 11) is 0. The fraction of sp³-hybridized carbons (Fsp3) is 0. The molecule has 3 heteroatoms. The number of benzene rings is 4. The Kier molecular flexibility index (Phi) is 3.66. The van der Waals surface area contributed by atoms with Gasteiger partial charge in [0.25, 0.3) is 0 Å². The van der Waals surface area contributed by atoms with E-state index in [0.717, 1.165) is 28.2 Å². The van der Waals surface area contributed by atoms with Crippen molar-refractivity contribution in [2.24, 2.45) is 0 Å². The van der Waals surface area contributed by atoms with Crippen molar-refractivity contribution in [3.05, 3.63) is 96.0 Å². The number of fused-ring (bicyclic) bond motifs is 5. The second-order valence-electron chi connectivity index (χ2n) is 6.59. The highest BCUT2D eigenvalue weighted by atomic mass is 35.5. The van der Waals surface area contributed by atoms with Crippen LogP contribution < -0.4 is 10.6 Å². The first-order valence-corrected chi connectivity index (χ1v) is 9.25. The van der Waals surface area contributed by atoms with E-state index in [1.165, 1.54) is 11.1 Å². The van der Waals surface area contributed by atoms with Crippen LogP contribution in [-0.2, 0) is 0 Å². The third kappa shape index (κ3) is 2.42. The number of para-hydroxylation sites is 4. The van der Waals surface area contributed by atoms with Gasteiger partial charge in [-0.05, 0) is 35.4 Å². The van der Waals surface area contributed by atoms with Crippen LogP contribution in [0.4, 0.5) is 22.7 Å². The number of nitrogen functional groups attached to an aromatic ring is 1. The topological polar surface area (TPSA) is 29.3 Å². The summed E-state index contributed by atoms with van der Waals surface area (Å²) in [4.78, 5) is 2.18. The summed E-state index contributed by atoms with van der Waals surface area (Å²) in [5.41, 5.74) is 14.6. The SMILES string of the molecule is Nc1ccccc1N1c2ccccc2-c2ccccc2-c2cccc(Cl)c21. The lowest BCUT2D eigenvalue weighted by Gasteiger charge is -2.29. The van der Waals surface area contributed by atoms with E-state index in [2.05, 4.69) is 59.5 Å². The molecule has 4 aromatic carbocycles. The summed E-state index contributed by atoms with van der Waals surface area (Å²) >= 11 is 6.76. The normalized spacial score (nSPS) is 12.0. The number of nitrogens with two attached hydrogens (primary N) is 1. The molecule has 1 aliphatic rings. The number of nitrogens with zero attached hydrogens (tertiary/aromatic N) is 1. The quantitative estimate of drug-likeness (QED) is 0.321. The Morgan fingerprint density at radius 2 is 1.11 bits per heavy atom. The van der Waals surface area contributed by atoms with Gasteiger partial charge in [-0.3, -0.25) is 0 Å². The Hall–Kier alpha value is -3.23. The lowest BCUT2D eigenvalue weighted by atomic mass is 9.95. The molecule has 0 spiro atoms. The molecule has 1 heterocycles. The molecule has 0 saturated heterocycles. The Morgan fingerprint density at radius 3 is 1.85 bits per heavy atom. The van der Waals surface area contributed by atoms with Gasteiger partial charge in [-0.25, -0.2) is 0 Å². The maximum absolute atomic E-state index is 6.76. The van der Waals surface area contributed by atoms with E-state index in [-0.39, 0.29) is 0 Å². The van der Waals surface area contributed by atoms with E-state index in [0.29, 0.717) is 10.7 Å².